The van der Waals surface area contributed by atoms with Crippen LogP contribution in [0, 0.1) is 11.3 Å². The van der Waals surface area contributed by atoms with Gasteiger partial charge in [0.05, 0.1) is 11.6 Å². The van der Waals surface area contributed by atoms with Crippen LogP contribution < -0.4 is 10.1 Å². The van der Waals surface area contributed by atoms with Crippen molar-refractivity contribution in [2.75, 3.05) is 6.54 Å². The highest BCUT2D eigenvalue weighted by Crippen LogP contribution is 2.40. The number of halogens is 3. The van der Waals surface area contributed by atoms with E-state index >= 15 is 0 Å². The van der Waals surface area contributed by atoms with Crippen LogP contribution in [-0.4, -0.2) is 23.5 Å². The molecule has 2 aliphatic rings. The summed E-state index contributed by atoms with van der Waals surface area (Å²) in [5.74, 6) is -0.335. The lowest BCUT2D eigenvalue weighted by Crippen LogP contribution is -2.32. The number of ether oxygens (including phenoxy) is 1. The maximum Gasteiger partial charge on any atom is 0.573 e. The number of hydrogen-bond acceptors (Lipinski definition) is 3. The van der Waals surface area contributed by atoms with Crippen LogP contribution in [0.5, 0.6) is 5.75 Å². The van der Waals surface area contributed by atoms with Crippen molar-refractivity contribution in [3.8, 4) is 11.8 Å². The molecule has 2 fully saturated rings. The highest BCUT2D eigenvalue weighted by Gasteiger charge is 2.32. The van der Waals surface area contributed by atoms with Crippen molar-refractivity contribution in [1.82, 2.24) is 9.88 Å². The van der Waals surface area contributed by atoms with Crippen molar-refractivity contribution in [3.05, 3.63) is 65.4 Å². The highest BCUT2D eigenvalue weighted by molar-refractivity contribution is 5.86. The van der Waals surface area contributed by atoms with Crippen molar-refractivity contribution >= 4 is 10.9 Å². The Morgan fingerprint density at radius 2 is 1.71 bits per heavy atom. The van der Waals surface area contributed by atoms with Crippen LogP contribution in [0.2, 0.25) is 0 Å². The Morgan fingerprint density at radius 3 is 2.42 bits per heavy atom. The fraction of sp³-hybridized carbons (Fsp3) is 0.516. The summed E-state index contributed by atoms with van der Waals surface area (Å²) in [6.07, 6.45) is 10.2. The lowest BCUT2D eigenvalue weighted by atomic mass is 9.87. The minimum absolute atomic E-state index is 0.135. The van der Waals surface area contributed by atoms with Crippen LogP contribution in [0.15, 0.2) is 48.7 Å². The second kappa shape index (κ2) is 11.8. The molecule has 0 amide bonds. The summed E-state index contributed by atoms with van der Waals surface area (Å²) in [6, 6.07) is 15.4. The summed E-state index contributed by atoms with van der Waals surface area (Å²) in [4.78, 5) is 0. The molecule has 0 bridgehead atoms. The van der Waals surface area contributed by atoms with Crippen LogP contribution in [0.3, 0.4) is 0 Å². The third-order valence-corrected chi connectivity index (χ3v) is 8.30. The van der Waals surface area contributed by atoms with Crippen LogP contribution in [0.25, 0.3) is 10.9 Å². The van der Waals surface area contributed by atoms with Crippen molar-refractivity contribution in [3.63, 3.8) is 0 Å². The van der Waals surface area contributed by atoms with E-state index in [9.17, 15) is 18.4 Å². The smallest absolute Gasteiger partial charge is 0.406 e. The van der Waals surface area contributed by atoms with Gasteiger partial charge in [0.25, 0.3) is 0 Å². The average Bonchev–Trinajstić information content (AvgIpc) is 3.30. The van der Waals surface area contributed by atoms with Crippen LogP contribution >= 0.6 is 0 Å². The third-order valence-electron chi connectivity index (χ3n) is 8.30. The Bertz CT molecular complexity index is 1260. The van der Waals surface area contributed by atoms with Gasteiger partial charge in [0.15, 0.2) is 0 Å². The van der Waals surface area contributed by atoms with Gasteiger partial charge in [0.2, 0.25) is 0 Å². The molecule has 2 aromatic carbocycles. The summed E-state index contributed by atoms with van der Waals surface area (Å²) in [5.41, 5.74) is 3.55. The number of nitrogens with one attached hydrogen (secondary N) is 1. The molecule has 7 heteroatoms. The first-order chi connectivity index (χ1) is 18.4. The van der Waals surface area contributed by atoms with E-state index in [1.165, 1.54) is 63.5 Å². The van der Waals surface area contributed by atoms with E-state index in [0.29, 0.717) is 17.6 Å². The Balaban J connectivity index is 1.54. The standard InChI is InChI=1S/C31H36F3N3O/c32-31(33,34)38-26-13-7-8-23(19-26)27(16-17-36-24-9-3-1-4-10-24)29-21-37(25-11-5-2-6-12-25)30-15-14-22(20-35)18-28(29)30/h7-8,13-15,18-19,21,24-25,27,36H,1-6,9-12,16-17H2. The summed E-state index contributed by atoms with van der Waals surface area (Å²) in [6.45, 7) is 0.772. The van der Waals surface area contributed by atoms with E-state index in [4.69, 9.17) is 0 Å². The van der Waals surface area contributed by atoms with Crippen molar-refractivity contribution in [2.24, 2.45) is 0 Å². The molecule has 0 saturated heterocycles. The van der Waals surface area contributed by atoms with E-state index in [1.807, 2.05) is 24.3 Å². The van der Waals surface area contributed by atoms with Crippen LogP contribution in [-0.2, 0) is 0 Å². The normalized spacial score (nSPS) is 18.4. The van der Waals surface area contributed by atoms with Gasteiger partial charge >= 0.3 is 6.36 Å². The Kier molecular flexibility index (Phi) is 8.28. The maximum absolute atomic E-state index is 13.0. The van der Waals surface area contributed by atoms with Gasteiger partial charge in [-0.2, -0.15) is 5.26 Å². The first kappa shape index (κ1) is 26.6. The predicted molar refractivity (Wildman–Crippen MR) is 143 cm³/mol. The van der Waals surface area contributed by atoms with Crippen molar-refractivity contribution in [1.29, 1.82) is 5.26 Å². The van der Waals surface area contributed by atoms with Gasteiger partial charge in [-0.05, 0) is 80.1 Å². The largest absolute Gasteiger partial charge is 0.573 e. The topological polar surface area (TPSA) is 50.0 Å². The summed E-state index contributed by atoms with van der Waals surface area (Å²) in [5, 5.41) is 14.4. The van der Waals surface area contributed by atoms with Gasteiger partial charge in [-0.1, -0.05) is 50.7 Å². The molecule has 0 spiro atoms. The van der Waals surface area contributed by atoms with Gasteiger partial charge in [-0.3, -0.25) is 0 Å². The van der Waals surface area contributed by atoms with Gasteiger partial charge in [0, 0.05) is 35.1 Å². The van der Waals surface area contributed by atoms with E-state index < -0.39 is 6.36 Å². The molecular formula is C31H36F3N3O. The number of alkyl halides is 3. The Labute approximate surface area is 222 Å². The fourth-order valence-electron chi connectivity index (χ4n) is 6.46. The molecule has 1 N–H and O–H groups in total. The van der Waals surface area contributed by atoms with Crippen LogP contribution in [0.4, 0.5) is 13.2 Å². The maximum atomic E-state index is 13.0. The molecule has 202 valence electrons. The third kappa shape index (κ3) is 6.35. The second-order valence-electron chi connectivity index (χ2n) is 10.9. The number of nitrogens with zero attached hydrogens (tertiary/aromatic N) is 2. The Morgan fingerprint density at radius 1 is 0.974 bits per heavy atom. The molecular weight excluding hydrogens is 487 g/mol. The van der Waals surface area contributed by atoms with Crippen molar-refractivity contribution < 1.29 is 17.9 Å². The average molecular weight is 524 g/mol. The molecule has 3 aromatic rings. The van der Waals surface area contributed by atoms with Gasteiger partial charge in [-0.15, -0.1) is 13.2 Å². The summed E-state index contributed by atoms with van der Waals surface area (Å²) < 4.78 is 45.8. The van der Waals surface area contributed by atoms with Crippen LogP contribution in [0.1, 0.15) is 99.3 Å². The van der Waals surface area contributed by atoms with E-state index in [0.717, 1.165) is 47.8 Å². The number of rotatable bonds is 8. The zero-order valence-electron chi connectivity index (χ0n) is 21.8. The molecule has 0 radical (unpaired) electrons. The lowest BCUT2D eigenvalue weighted by Gasteiger charge is -2.25. The molecule has 1 unspecified atom stereocenters. The molecule has 1 heterocycles. The number of benzene rings is 2. The van der Waals surface area contributed by atoms with E-state index in [-0.39, 0.29) is 11.7 Å². The zero-order chi connectivity index (χ0) is 26.5. The molecule has 1 atom stereocenters. The van der Waals surface area contributed by atoms with Crippen molar-refractivity contribution in [2.45, 2.75) is 95.0 Å². The molecule has 38 heavy (non-hydrogen) atoms. The second-order valence-corrected chi connectivity index (χ2v) is 10.9. The van der Waals surface area contributed by atoms with Gasteiger partial charge in [0.1, 0.15) is 5.75 Å². The minimum Gasteiger partial charge on any atom is -0.406 e. The number of nitriles is 1. The highest BCUT2D eigenvalue weighted by atomic mass is 19.4. The number of hydrogen-bond donors (Lipinski definition) is 1. The lowest BCUT2D eigenvalue weighted by molar-refractivity contribution is -0.274. The monoisotopic (exact) mass is 523 g/mol. The molecule has 5 rings (SSSR count). The fourth-order valence-corrected chi connectivity index (χ4v) is 6.46. The van der Waals surface area contributed by atoms with Gasteiger partial charge < -0.3 is 14.6 Å². The Hall–Kier alpha value is -2.98. The van der Waals surface area contributed by atoms with E-state index in [1.54, 1.807) is 6.07 Å². The summed E-state index contributed by atoms with van der Waals surface area (Å²) >= 11 is 0. The summed E-state index contributed by atoms with van der Waals surface area (Å²) in [7, 11) is 0. The zero-order valence-corrected chi connectivity index (χ0v) is 21.8. The predicted octanol–water partition coefficient (Wildman–Crippen LogP) is 8.36. The number of aromatic nitrogens is 1. The van der Waals surface area contributed by atoms with Gasteiger partial charge in [-0.25, -0.2) is 0 Å². The molecule has 1 aromatic heterocycles. The quantitative estimate of drug-likeness (QED) is 0.323. The molecule has 2 saturated carbocycles. The minimum atomic E-state index is -4.74. The number of fused-ring (bicyclic) bond motifs is 1. The molecule has 2 aliphatic carbocycles. The first-order valence-corrected chi connectivity index (χ1v) is 14.0. The molecule has 0 aliphatic heterocycles. The van der Waals surface area contributed by atoms with E-state index in [2.05, 4.69) is 26.9 Å². The first-order valence-electron chi connectivity index (χ1n) is 14.0. The molecule has 4 nitrogen and oxygen atoms in total. The SMILES string of the molecule is N#Cc1ccc2c(c1)c(C(CCNC1CCCCC1)c1cccc(OC(F)(F)F)c1)cn2C1CCCCC1.